The molecule has 1 atom stereocenters. The van der Waals surface area contributed by atoms with Crippen LogP contribution >= 0.6 is 11.8 Å². The summed E-state index contributed by atoms with van der Waals surface area (Å²) >= 11 is 2.07. The largest absolute Gasteiger partial charge is 0.396 e. The number of aliphatic hydroxyl groups is 1. The Labute approximate surface area is 107 Å². The fourth-order valence-corrected chi connectivity index (χ4v) is 4.10. The van der Waals surface area contributed by atoms with Crippen molar-refractivity contribution >= 4 is 11.8 Å². The van der Waals surface area contributed by atoms with Crippen LogP contribution in [0.5, 0.6) is 0 Å². The normalized spacial score (nSPS) is 25.8. The molecule has 0 bridgehead atoms. The van der Waals surface area contributed by atoms with Gasteiger partial charge >= 0.3 is 0 Å². The van der Waals surface area contributed by atoms with E-state index >= 15 is 0 Å². The molecule has 2 aliphatic heterocycles. The Kier molecular flexibility index (Phi) is 3.43. The molecule has 0 aliphatic carbocycles. The topological polar surface area (TPSA) is 38.0 Å². The molecule has 0 amide bonds. The third kappa shape index (κ3) is 2.25. The van der Waals surface area contributed by atoms with E-state index < -0.39 is 0 Å². The molecule has 17 heavy (non-hydrogen) atoms. The lowest BCUT2D eigenvalue weighted by atomic mass is 9.96. The number of thioether (sulfide) groups is 1. The number of fused-ring (bicyclic) bond motifs is 1. The summed E-state index contributed by atoms with van der Waals surface area (Å²) in [5.41, 5.74) is 1.34. The maximum atomic E-state index is 9.24. The molecule has 0 radical (unpaired) electrons. The van der Waals surface area contributed by atoms with Gasteiger partial charge < -0.3 is 9.67 Å². The molecule has 0 aromatic carbocycles. The van der Waals surface area contributed by atoms with Gasteiger partial charge in [0.15, 0.2) is 0 Å². The van der Waals surface area contributed by atoms with Crippen molar-refractivity contribution in [3.05, 3.63) is 17.7 Å². The third-order valence-electron chi connectivity index (χ3n) is 4.07. The first-order valence-corrected chi connectivity index (χ1v) is 7.77. The number of aromatic nitrogens is 2. The Bertz CT molecular complexity index is 385. The summed E-state index contributed by atoms with van der Waals surface area (Å²) in [5.74, 6) is 5.01. The Balaban J connectivity index is 1.80. The van der Waals surface area contributed by atoms with Crippen molar-refractivity contribution in [2.45, 2.75) is 38.1 Å². The average molecular weight is 252 g/mol. The van der Waals surface area contributed by atoms with Crippen LogP contribution in [0.15, 0.2) is 6.20 Å². The molecule has 94 valence electrons. The molecule has 3 heterocycles. The van der Waals surface area contributed by atoms with Crippen LogP contribution in [0.25, 0.3) is 0 Å². The maximum absolute atomic E-state index is 9.24. The van der Waals surface area contributed by atoms with Crippen molar-refractivity contribution in [3.63, 3.8) is 0 Å². The number of hydrogen-bond acceptors (Lipinski definition) is 3. The van der Waals surface area contributed by atoms with Crippen LogP contribution in [0, 0.1) is 5.92 Å². The Hall–Kier alpha value is -0.480. The molecule has 1 aromatic heterocycles. The van der Waals surface area contributed by atoms with Crippen molar-refractivity contribution in [1.82, 2.24) is 9.55 Å². The van der Waals surface area contributed by atoms with Gasteiger partial charge in [-0.05, 0) is 43.1 Å². The van der Waals surface area contributed by atoms with E-state index in [1.54, 1.807) is 0 Å². The van der Waals surface area contributed by atoms with E-state index in [4.69, 9.17) is 0 Å². The molecule has 0 spiro atoms. The molecule has 3 nitrogen and oxygen atoms in total. The molecule has 2 aliphatic rings. The standard InChI is InChI=1S/C13H20N2OS/c16-9-10-1-4-15-12(7-10)8-14-13(15)11-2-5-17-6-3-11/h8,10-11,16H,1-7,9H2. The second-order valence-electron chi connectivity index (χ2n) is 5.19. The van der Waals surface area contributed by atoms with E-state index in [1.165, 1.54) is 35.9 Å². The molecule has 1 fully saturated rings. The van der Waals surface area contributed by atoms with Crippen LogP contribution in [0.1, 0.15) is 36.7 Å². The second-order valence-corrected chi connectivity index (χ2v) is 6.41. The predicted octanol–water partition coefficient (Wildman–Crippen LogP) is 2.05. The Morgan fingerprint density at radius 3 is 2.94 bits per heavy atom. The number of aliphatic hydroxyl groups excluding tert-OH is 1. The lowest BCUT2D eigenvalue weighted by Gasteiger charge is -2.27. The zero-order valence-electron chi connectivity index (χ0n) is 10.1. The highest BCUT2D eigenvalue weighted by molar-refractivity contribution is 7.99. The summed E-state index contributed by atoms with van der Waals surface area (Å²) in [6.07, 6.45) is 6.72. The maximum Gasteiger partial charge on any atom is 0.112 e. The summed E-state index contributed by atoms with van der Waals surface area (Å²) in [4.78, 5) is 4.66. The average Bonchev–Trinajstić information content (AvgIpc) is 2.82. The van der Waals surface area contributed by atoms with Gasteiger partial charge in [-0.2, -0.15) is 11.8 Å². The van der Waals surface area contributed by atoms with Crippen molar-refractivity contribution in [2.75, 3.05) is 18.1 Å². The van der Waals surface area contributed by atoms with Crippen LogP contribution < -0.4 is 0 Å². The third-order valence-corrected chi connectivity index (χ3v) is 5.12. The lowest BCUT2D eigenvalue weighted by molar-refractivity contribution is 0.199. The van der Waals surface area contributed by atoms with Gasteiger partial charge in [-0.1, -0.05) is 0 Å². The number of imidazole rings is 1. The first-order chi connectivity index (χ1) is 8.38. The number of nitrogens with zero attached hydrogens (tertiary/aromatic N) is 2. The summed E-state index contributed by atoms with van der Waals surface area (Å²) in [7, 11) is 0. The Morgan fingerprint density at radius 2 is 2.18 bits per heavy atom. The highest BCUT2D eigenvalue weighted by Crippen LogP contribution is 2.33. The molecule has 1 N–H and O–H groups in total. The van der Waals surface area contributed by atoms with Gasteiger partial charge in [0.25, 0.3) is 0 Å². The highest BCUT2D eigenvalue weighted by Gasteiger charge is 2.25. The second kappa shape index (κ2) is 5.02. The van der Waals surface area contributed by atoms with Gasteiger partial charge in [-0.25, -0.2) is 4.98 Å². The van der Waals surface area contributed by atoms with Crippen LogP contribution in [0.3, 0.4) is 0 Å². The van der Waals surface area contributed by atoms with Crippen LogP contribution in [0.4, 0.5) is 0 Å². The smallest absolute Gasteiger partial charge is 0.112 e. The number of hydrogen-bond donors (Lipinski definition) is 1. The zero-order valence-corrected chi connectivity index (χ0v) is 11.0. The first kappa shape index (κ1) is 11.6. The molecule has 3 rings (SSSR count). The molecular formula is C13H20N2OS. The molecule has 1 aromatic rings. The molecule has 0 saturated carbocycles. The van der Waals surface area contributed by atoms with E-state index in [0.29, 0.717) is 18.4 Å². The van der Waals surface area contributed by atoms with Gasteiger partial charge in [-0.15, -0.1) is 0 Å². The van der Waals surface area contributed by atoms with Gasteiger partial charge in [0.05, 0.1) is 0 Å². The van der Waals surface area contributed by atoms with Gasteiger partial charge in [0, 0.05) is 31.0 Å². The van der Waals surface area contributed by atoms with E-state index in [-0.39, 0.29) is 0 Å². The number of rotatable bonds is 2. The van der Waals surface area contributed by atoms with Crippen LogP contribution in [-0.4, -0.2) is 32.8 Å². The van der Waals surface area contributed by atoms with E-state index in [9.17, 15) is 5.11 Å². The van der Waals surface area contributed by atoms with Crippen molar-refractivity contribution in [3.8, 4) is 0 Å². The molecule has 1 saturated heterocycles. The molecular weight excluding hydrogens is 232 g/mol. The summed E-state index contributed by atoms with van der Waals surface area (Å²) < 4.78 is 2.42. The first-order valence-electron chi connectivity index (χ1n) is 6.61. The van der Waals surface area contributed by atoms with Crippen LogP contribution in [0.2, 0.25) is 0 Å². The van der Waals surface area contributed by atoms with Crippen LogP contribution in [-0.2, 0) is 13.0 Å². The highest BCUT2D eigenvalue weighted by atomic mass is 32.2. The molecule has 1 unspecified atom stereocenters. The fraction of sp³-hybridized carbons (Fsp3) is 0.769. The monoisotopic (exact) mass is 252 g/mol. The van der Waals surface area contributed by atoms with Crippen molar-refractivity contribution < 1.29 is 5.11 Å². The van der Waals surface area contributed by atoms with Gasteiger partial charge in [0.2, 0.25) is 0 Å². The minimum atomic E-state index is 0.320. The van der Waals surface area contributed by atoms with Gasteiger partial charge in [0.1, 0.15) is 5.82 Å². The lowest BCUT2D eigenvalue weighted by Crippen LogP contribution is -2.24. The minimum Gasteiger partial charge on any atom is -0.396 e. The Morgan fingerprint density at radius 1 is 1.35 bits per heavy atom. The summed E-state index contributed by atoms with van der Waals surface area (Å²) in [6.45, 7) is 1.38. The zero-order chi connectivity index (χ0) is 11.7. The summed E-state index contributed by atoms with van der Waals surface area (Å²) in [5, 5.41) is 9.24. The van der Waals surface area contributed by atoms with Crippen molar-refractivity contribution in [1.29, 1.82) is 0 Å². The van der Waals surface area contributed by atoms with E-state index in [1.807, 2.05) is 6.20 Å². The van der Waals surface area contributed by atoms with Crippen molar-refractivity contribution in [2.24, 2.45) is 5.92 Å². The SMILES string of the molecule is OCC1CCn2c(cnc2C2CCSCC2)C1. The minimum absolute atomic E-state index is 0.320. The van der Waals surface area contributed by atoms with E-state index in [2.05, 4.69) is 21.3 Å². The van der Waals surface area contributed by atoms with Gasteiger partial charge in [-0.3, -0.25) is 0 Å². The molecule has 4 heteroatoms. The quantitative estimate of drug-likeness (QED) is 0.875. The summed E-state index contributed by atoms with van der Waals surface area (Å²) in [6, 6.07) is 0. The fourth-order valence-electron chi connectivity index (χ4n) is 3.00. The predicted molar refractivity (Wildman–Crippen MR) is 70.4 cm³/mol. The van der Waals surface area contributed by atoms with E-state index in [0.717, 1.165) is 19.4 Å².